The molecule has 0 radical (unpaired) electrons. The number of benzene rings is 1. The number of aromatic amines is 1. The van der Waals surface area contributed by atoms with E-state index in [0.717, 1.165) is 47.5 Å². The summed E-state index contributed by atoms with van der Waals surface area (Å²) in [5.41, 5.74) is 5.28. The lowest BCUT2D eigenvalue weighted by Gasteiger charge is -2.08. The molecule has 0 spiro atoms. The minimum Gasteiger partial charge on any atom is -0.342 e. The number of hydrogen-bond donors (Lipinski definition) is 4. The maximum Gasteiger partial charge on any atom is 0.257 e. The summed E-state index contributed by atoms with van der Waals surface area (Å²) in [7, 11) is 0. The number of amides is 2. The fourth-order valence-electron chi connectivity index (χ4n) is 3.10. The molecule has 1 atom stereocenters. The second-order valence-electron chi connectivity index (χ2n) is 7.09. The van der Waals surface area contributed by atoms with Gasteiger partial charge < -0.3 is 10.3 Å². The maximum atomic E-state index is 12.5. The first-order valence-corrected chi connectivity index (χ1v) is 11.5. The number of aromatic nitrogens is 4. The van der Waals surface area contributed by atoms with Crippen LogP contribution in [-0.4, -0.2) is 42.5 Å². The molecule has 0 bridgehead atoms. The molecule has 2 amide bonds. The lowest BCUT2D eigenvalue weighted by Crippen LogP contribution is -2.27. The van der Waals surface area contributed by atoms with E-state index in [-0.39, 0.29) is 17.2 Å². The number of nitrogens with one attached hydrogen (secondary N) is 4. The highest BCUT2D eigenvalue weighted by Gasteiger charge is 2.21. The molecule has 162 valence electrons. The Hall–Kier alpha value is -2.99. The van der Waals surface area contributed by atoms with Crippen LogP contribution in [0.25, 0.3) is 11.0 Å². The molecule has 3 aromatic rings. The Kier molecular flexibility index (Phi) is 6.47. The van der Waals surface area contributed by atoms with Crippen LogP contribution in [0.5, 0.6) is 0 Å². The average Bonchev–Trinajstić information content (AvgIpc) is 3.43. The molecule has 0 saturated heterocycles. The molecule has 4 N–H and O–H groups in total. The zero-order chi connectivity index (χ0) is 21.8. The molecule has 1 aliphatic heterocycles. The highest BCUT2D eigenvalue weighted by molar-refractivity contribution is 8.14. The van der Waals surface area contributed by atoms with Crippen LogP contribution >= 0.6 is 23.1 Å². The number of nitrogens with zero attached hydrogens (tertiary/aromatic N) is 4. The number of thioether (sulfide) groups is 1. The maximum absolute atomic E-state index is 12.5. The molecule has 31 heavy (non-hydrogen) atoms. The molecule has 0 saturated carbocycles. The van der Waals surface area contributed by atoms with E-state index in [4.69, 9.17) is 0 Å². The first-order valence-electron chi connectivity index (χ1n) is 9.84. The van der Waals surface area contributed by atoms with E-state index in [1.807, 2.05) is 13.0 Å². The number of imidazole rings is 1. The summed E-state index contributed by atoms with van der Waals surface area (Å²) in [5, 5.41) is 19.9. The molecule has 3 heterocycles. The second-order valence-corrected chi connectivity index (χ2v) is 9.34. The van der Waals surface area contributed by atoms with Crippen LogP contribution in [-0.2, 0) is 11.2 Å². The number of carbonyl (C=O) groups is 2. The van der Waals surface area contributed by atoms with Crippen molar-refractivity contribution in [3.8, 4) is 0 Å². The van der Waals surface area contributed by atoms with Crippen LogP contribution in [0.3, 0.4) is 0 Å². The van der Waals surface area contributed by atoms with Gasteiger partial charge in [-0.2, -0.15) is 5.10 Å². The van der Waals surface area contributed by atoms with E-state index in [0.29, 0.717) is 15.9 Å². The summed E-state index contributed by atoms with van der Waals surface area (Å²) in [6.45, 7) is 3.33. The Balaban J connectivity index is 1.19. The largest absolute Gasteiger partial charge is 0.342 e. The number of fused-ring (bicyclic) bond motifs is 1. The van der Waals surface area contributed by atoms with E-state index in [9.17, 15) is 9.59 Å². The monoisotopic (exact) mass is 458 g/mol. The summed E-state index contributed by atoms with van der Waals surface area (Å²) >= 11 is 2.91. The molecule has 12 heteroatoms. The normalized spacial score (nSPS) is 15.5. The van der Waals surface area contributed by atoms with Gasteiger partial charge in [0.2, 0.25) is 11.0 Å². The van der Waals surface area contributed by atoms with Gasteiger partial charge in [-0.15, -0.1) is 10.2 Å². The Morgan fingerprint density at radius 2 is 2.06 bits per heavy atom. The van der Waals surface area contributed by atoms with Gasteiger partial charge in [-0.05, 0) is 38.0 Å². The predicted molar refractivity (Wildman–Crippen MR) is 122 cm³/mol. The van der Waals surface area contributed by atoms with E-state index in [1.54, 1.807) is 12.1 Å². The first kappa shape index (κ1) is 21.2. The van der Waals surface area contributed by atoms with Crippen molar-refractivity contribution in [1.29, 1.82) is 0 Å². The molecule has 1 unspecified atom stereocenters. The van der Waals surface area contributed by atoms with Crippen molar-refractivity contribution >= 4 is 56.2 Å². The van der Waals surface area contributed by atoms with E-state index < -0.39 is 0 Å². The summed E-state index contributed by atoms with van der Waals surface area (Å²) < 4.78 is 0. The molecule has 2 aromatic heterocycles. The number of anilines is 1. The van der Waals surface area contributed by atoms with Crippen LogP contribution in [0.1, 0.15) is 47.4 Å². The van der Waals surface area contributed by atoms with E-state index in [1.165, 1.54) is 30.0 Å². The zero-order valence-electron chi connectivity index (χ0n) is 17.1. The second kappa shape index (κ2) is 9.43. The van der Waals surface area contributed by atoms with E-state index in [2.05, 4.69) is 41.3 Å². The predicted octanol–water partition coefficient (Wildman–Crippen LogP) is 2.76. The molecule has 10 nitrogen and oxygen atoms in total. The van der Waals surface area contributed by atoms with Gasteiger partial charge in [-0.25, -0.2) is 4.98 Å². The number of H-pyrrole nitrogens is 1. The number of unbranched alkanes of at least 4 members (excludes halogenated alkanes) is 1. The van der Waals surface area contributed by atoms with Crippen molar-refractivity contribution in [3.05, 3.63) is 34.6 Å². The Labute approximate surface area is 186 Å². The van der Waals surface area contributed by atoms with Gasteiger partial charge >= 0.3 is 0 Å². The fraction of sp³-hybridized carbons (Fsp3) is 0.368. The number of hydrogen-bond acceptors (Lipinski definition) is 9. The Morgan fingerprint density at radius 1 is 1.19 bits per heavy atom. The molecular formula is C19H22N8O2S2. The van der Waals surface area contributed by atoms with Crippen molar-refractivity contribution < 1.29 is 9.59 Å². The van der Waals surface area contributed by atoms with Gasteiger partial charge in [0.05, 0.1) is 16.4 Å². The number of amidine groups is 1. The topological polar surface area (TPSA) is 137 Å². The molecule has 0 aliphatic carbocycles. The van der Waals surface area contributed by atoms with E-state index >= 15 is 0 Å². The van der Waals surface area contributed by atoms with Gasteiger partial charge in [0.25, 0.3) is 5.91 Å². The molecule has 1 aromatic carbocycles. The molecule has 4 rings (SSSR count). The summed E-state index contributed by atoms with van der Waals surface area (Å²) in [6, 6.07) is 5.39. The highest BCUT2D eigenvalue weighted by Crippen LogP contribution is 2.23. The van der Waals surface area contributed by atoms with Gasteiger partial charge in [0.15, 0.2) is 5.17 Å². The SMILES string of the molecule is CC(=O)Nc1nnc(CCCCC2NN=C(NC(=O)c3ccc4[nH]c(C)nc4c3)S2)s1. The fourth-order valence-corrected chi connectivity index (χ4v) is 4.85. The summed E-state index contributed by atoms with van der Waals surface area (Å²) in [5.74, 6) is 0.462. The number of rotatable bonds is 7. The summed E-state index contributed by atoms with van der Waals surface area (Å²) in [6.07, 6.45) is 3.65. The van der Waals surface area contributed by atoms with Crippen LogP contribution in [0.15, 0.2) is 23.3 Å². The Bertz CT molecular complexity index is 1140. The van der Waals surface area contributed by atoms with Crippen molar-refractivity contribution in [2.45, 2.75) is 44.9 Å². The summed E-state index contributed by atoms with van der Waals surface area (Å²) in [4.78, 5) is 31.1. The van der Waals surface area contributed by atoms with Crippen molar-refractivity contribution in [2.75, 3.05) is 5.32 Å². The lowest BCUT2D eigenvalue weighted by atomic mass is 10.2. The molecule has 0 fully saturated rings. The number of aryl methyl sites for hydroxylation is 2. The van der Waals surface area contributed by atoms with Gasteiger partial charge in [0, 0.05) is 18.9 Å². The third-order valence-electron chi connectivity index (χ3n) is 4.50. The lowest BCUT2D eigenvalue weighted by molar-refractivity contribution is -0.114. The van der Waals surface area contributed by atoms with Crippen LogP contribution in [0.4, 0.5) is 5.13 Å². The molecule has 1 aliphatic rings. The Morgan fingerprint density at radius 3 is 2.90 bits per heavy atom. The van der Waals surface area contributed by atoms with Gasteiger partial charge in [-0.3, -0.25) is 20.3 Å². The molecular weight excluding hydrogens is 436 g/mol. The third-order valence-corrected chi connectivity index (χ3v) is 6.45. The standard InChI is InChI=1S/C19H22N8O2S2/c1-10-20-13-8-7-12(9-14(13)21-10)17(29)23-19-27-25-16(31-19)6-4-3-5-15-24-26-18(30-15)22-11(2)28/h7-9,16,25H,3-6H2,1-2H3,(H,20,21)(H,22,26,28)(H,23,27,29). The minimum atomic E-state index is -0.206. The van der Waals surface area contributed by atoms with Crippen molar-refractivity contribution in [2.24, 2.45) is 5.10 Å². The van der Waals surface area contributed by atoms with Gasteiger partial charge in [-0.1, -0.05) is 29.5 Å². The quantitative estimate of drug-likeness (QED) is 0.400. The van der Waals surface area contributed by atoms with Gasteiger partial charge in [0.1, 0.15) is 10.8 Å². The van der Waals surface area contributed by atoms with Crippen molar-refractivity contribution in [1.82, 2.24) is 30.9 Å². The number of carbonyl (C=O) groups excluding carboxylic acids is 2. The first-order chi connectivity index (χ1) is 15.0. The van der Waals surface area contributed by atoms with Crippen LogP contribution in [0, 0.1) is 6.92 Å². The van der Waals surface area contributed by atoms with Crippen LogP contribution < -0.4 is 16.1 Å². The minimum absolute atomic E-state index is 0.121. The zero-order valence-corrected chi connectivity index (χ0v) is 18.7. The number of hydrazone groups is 1. The van der Waals surface area contributed by atoms with Crippen molar-refractivity contribution in [3.63, 3.8) is 0 Å². The average molecular weight is 459 g/mol. The highest BCUT2D eigenvalue weighted by atomic mass is 32.2. The van der Waals surface area contributed by atoms with Crippen LogP contribution in [0.2, 0.25) is 0 Å². The smallest absolute Gasteiger partial charge is 0.257 e. The third kappa shape index (κ3) is 5.58.